The molecular weight excluding hydrogens is 530 g/mol. The third-order valence-electron chi connectivity index (χ3n) is 6.50. The highest BCUT2D eigenvalue weighted by molar-refractivity contribution is 7.92. The van der Waals surface area contributed by atoms with Crippen molar-refractivity contribution < 1.29 is 13.2 Å². The molecule has 1 aromatic heterocycles. The Morgan fingerprint density at radius 1 is 0.946 bits per heavy atom. The summed E-state index contributed by atoms with van der Waals surface area (Å²) in [6, 6.07) is 18.5. The number of amides is 1. The summed E-state index contributed by atoms with van der Waals surface area (Å²) < 4.78 is 31.5. The number of hydrogen-bond acceptors (Lipinski definition) is 5. The monoisotopic (exact) mass is 555 g/mol. The van der Waals surface area contributed by atoms with E-state index < -0.39 is 10.0 Å². The molecule has 0 spiro atoms. The standard InChI is InChI=1S/C27H26ClN3O4S2/c28-20-11-9-19(10-12-20)18-31-24-14-13-21(17-25(24)36-27(31)33)37(34,35)29-23-8-4-3-7-22(23)26(32)30-15-5-1-2-6-16-30/h3-4,7-14,17,29H,1-2,5-6,15-16,18H2. The molecule has 1 fully saturated rings. The first-order chi connectivity index (χ1) is 17.8. The highest BCUT2D eigenvalue weighted by Crippen LogP contribution is 2.26. The van der Waals surface area contributed by atoms with Crippen molar-refractivity contribution >= 4 is 54.8 Å². The van der Waals surface area contributed by atoms with E-state index >= 15 is 0 Å². The lowest BCUT2D eigenvalue weighted by atomic mass is 10.1. The minimum atomic E-state index is -4.01. The molecule has 2 heterocycles. The Morgan fingerprint density at radius 2 is 1.65 bits per heavy atom. The summed E-state index contributed by atoms with van der Waals surface area (Å²) in [5, 5.41) is 0.614. The van der Waals surface area contributed by atoms with Gasteiger partial charge >= 0.3 is 4.87 Å². The lowest BCUT2D eigenvalue weighted by molar-refractivity contribution is 0.0762. The lowest BCUT2D eigenvalue weighted by Crippen LogP contribution is -2.32. The summed E-state index contributed by atoms with van der Waals surface area (Å²) in [5.74, 6) is -0.173. The van der Waals surface area contributed by atoms with Gasteiger partial charge in [-0.05, 0) is 60.9 Å². The molecule has 4 aromatic rings. The van der Waals surface area contributed by atoms with E-state index in [1.165, 1.54) is 12.1 Å². The van der Waals surface area contributed by atoms with Crippen LogP contribution in [0.25, 0.3) is 10.2 Å². The Kier molecular flexibility index (Phi) is 7.37. The molecule has 192 valence electrons. The van der Waals surface area contributed by atoms with E-state index in [1.54, 1.807) is 51.9 Å². The van der Waals surface area contributed by atoms with Crippen LogP contribution in [0.5, 0.6) is 0 Å². The van der Waals surface area contributed by atoms with Crippen LogP contribution in [0.1, 0.15) is 41.6 Å². The van der Waals surface area contributed by atoms with Crippen LogP contribution in [-0.2, 0) is 16.6 Å². The van der Waals surface area contributed by atoms with E-state index in [-0.39, 0.29) is 21.4 Å². The molecule has 0 radical (unpaired) electrons. The maximum absolute atomic E-state index is 13.3. The van der Waals surface area contributed by atoms with Gasteiger partial charge in [-0.1, -0.05) is 60.0 Å². The zero-order valence-electron chi connectivity index (χ0n) is 20.0. The summed E-state index contributed by atoms with van der Waals surface area (Å²) in [5.41, 5.74) is 2.13. The normalized spacial score (nSPS) is 14.5. The van der Waals surface area contributed by atoms with E-state index in [2.05, 4.69) is 4.72 Å². The van der Waals surface area contributed by atoms with Crippen LogP contribution < -0.4 is 9.60 Å². The largest absolute Gasteiger partial charge is 0.339 e. The second-order valence-corrected chi connectivity index (χ2v) is 12.2. The second kappa shape index (κ2) is 10.7. The summed E-state index contributed by atoms with van der Waals surface area (Å²) >= 11 is 6.96. The van der Waals surface area contributed by atoms with Crippen molar-refractivity contribution in [1.29, 1.82) is 0 Å². The van der Waals surface area contributed by atoms with Gasteiger partial charge in [0.2, 0.25) is 0 Å². The fourth-order valence-electron chi connectivity index (χ4n) is 4.54. The number of halogens is 1. The summed E-state index contributed by atoms with van der Waals surface area (Å²) in [6.07, 6.45) is 4.07. The minimum Gasteiger partial charge on any atom is -0.339 e. The number of rotatable bonds is 6. The third kappa shape index (κ3) is 5.58. The van der Waals surface area contributed by atoms with E-state index in [1.807, 2.05) is 12.1 Å². The highest BCUT2D eigenvalue weighted by atomic mass is 35.5. The van der Waals surface area contributed by atoms with Gasteiger partial charge in [-0.2, -0.15) is 0 Å². The van der Waals surface area contributed by atoms with Gasteiger partial charge in [0.15, 0.2) is 0 Å². The van der Waals surface area contributed by atoms with Crippen LogP contribution in [0, 0.1) is 0 Å². The molecule has 10 heteroatoms. The number of anilines is 1. The van der Waals surface area contributed by atoms with Crippen LogP contribution in [0.15, 0.2) is 76.4 Å². The molecule has 7 nitrogen and oxygen atoms in total. The van der Waals surface area contributed by atoms with Crippen molar-refractivity contribution in [2.24, 2.45) is 0 Å². The number of nitrogens with zero attached hydrogens (tertiary/aromatic N) is 2. The van der Waals surface area contributed by atoms with Crippen LogP contribution in [0.2, 0.25) is 5.02 Å². The van der Waals surface area contributed by atoms with Gasteiger partial charge < -0.3 is 4.90 Å². The van der Waals surface area contributed by atoms with E-state index in [9.17, 15) is 18.0 Å². The van der Waals surface area contributed by atoms with Crippen LogP contribution in [0.4, 0.5) is 5.69 Å². The fourth-order valence-corrected chi connectivity index (χ4v) is 6.78. The third-order valence-corrected chi connectivity index (χ3v) is 9.06. The number of carbonyl (C=O) groups is 1. The highest BCUT2D eigenvalue weighted by Gasteiger charge is 2.23. The number of thiazole rings is 1. The summed E-state index contributed by atoms with van der Waals surface area (Å²) in [7, 11) is -4.01. The number of carbonyl (C=O) groups excluding carboxylic acids is 1. The van der Waals surface area contributed by atoms with Crippen molar-refractivity contribution in [3.63, 3.8) is 0 Å². The number of likely N-dealkylation sites (tertiary alicyclic amines) is 1. The lowest BCUT2D eigenvalue weighted by Gasteiger charge is -2.22. The number of hydrogen-bond donors (Lipinski definition) is 1. The van der Waals surface area contributed by atoms with Gasteiger partial charge in [0.05, 0.1) is 32.9 Å². The van der Waals surface area contributed by atoms with Gasteiger partial charge in [-0.25, -0.2) is 8.42 Å². The van der Waals surface area contributed by atoms with Crippen molar-refractivity contribution in [3.8, 4) is 0 Å². The molecule has 1 saturated heterocycles. The molecule has 1 amide bonds. The Bertz CT molecular complexity index is 1600. The molecule has 1 aliphatic heterocycles. The number of para-hydroxylation sites is 1. The Balaban J connectivity index is 1.42. The maximum atomic E-state index is 13.3. The zero-order chi connectivity index (χ0) is 26.0. The van der Waals surface area contributed by atoms with E-state index in [0.717, 1.165) is 42.6 Å². The zero-order valence-corrected chi connectivity index (χ0v) is 22.4. The minimum absolute atomic E-state index is 0.0249. The molecule has 3 aromatic carbocycles. The molecule has 37 heavy (non-hydrogen) atoms. The summed E-state index contributed by atoms with van der Waals surface area (Å²) in [4.78, 5) is 27.6. The van der Waals surface area contributed by atoms with Crippen LogP contribution >= 0.6 is 22.9 Å². The molecular formula is C27H26ClN3O4S2. The Hall–Kier alpha value is -3.14. The molecule has 1 N–H and O–H groups in total. The quantitative estimate of drug-likeness (QED) is 0.336. The van der Waals surface area contributed by atoms with Gasteiger partial charge in [-0.3, -0.25) is 18.9 Å². The van der Waals surface area contributed by atoms with Crippen molar-refractivity contribution in [3.05, 3.63) is 92.5 Å². The number of fused-ring (bicyclic) bond motifs is 1. The first-order valence-electron chi connectivity index (χ1n) is 12.1. The SMILES string of the molecule is O=C(c1ccccc1NS(=O)(=O)c1ccc2c(c1)sc(=O)n2Cc1ccc(Cl)cc1)N1CCCCCC1. The van der Waals surface area contributed by atoms with E-state index in [0.29, 0.717) is 40.4 Å². The summed E-state index contributed by atoms with van der Waals surface area (Å²) in [6.45, 7) is 1.69. The van der Waals surface area contributed by atoms with Crippen LogP contribution in [-0.4, -0.2) is 36.9 Å². The van der Waals surface area contributed by atoms with E-state index in [4.69, 9.17) is 11.6 Å². The maximum Gasteiger partial charge on any atom is 0.308 e. The predicted octanol–water partition coefficient (Wildman–Crippen LogP) is 5.58. The number of nitrogens with one attached hydrogen (secondary N) is 1. The predicted molar refractivity (Wildman–Crippen MR) is 148 cm³/mol. The van der Waals surface area contributed by atoms with Gasteiger partial charge in [0, 0.05) is 18.1 Å². The Morgan fingerprint density at radius 3 is 2.38 bits per heavy atom. The van der Waals surface area contributed by atoms with Crippen molar-refractivity contribution in [1.82, 2.24) is 9.47 Å². The van der Waals surface area contributed by atoms with Gasteiger partial charge in [0.1, 0.15) is 0 Å². The molecule has 0 aliphatic carbocycles. The average Bonchev–Trinajstić information content (AvgIpc) is 3.04. The molecule has 0 saturated carbocycles. The average molecular weight is 556 g/mol. The molecule has 0 atom stereocenters. The number of sulfonamides is 1. The van der Waals surface area contributed by atoms with Crippen molar-refractivity contribution in [2.45, 2.75) is 37.1 Å². The number of aromatic nitrogens is 1. The molecule has 1 aliphatic rings. The topological polar surface area (TPSA) is 88.5 Å². The smallest absolute Gasteiger partial charge is 0.308 e. The molecule has 0 unspecified atom stereocenters. The van der Waals surface area contributed by atoms with Crippen molar-refractivity contribution in [2.75, 3.05) is 17.8 Å². The first kappa shape index (κ1) is 25.5. The fraction of sp³-hybridized carbons (Fsp3) is 0.259. The second-order valence-electron chi connectivity index (χ2n) is 9.07. The number of benzene rings is 3. The molecule has 0 bridgehead atoms. The van der Waals surface area contributed by atoms with Gasteiger partial charge in [-0.15, -0.1) is 0 Å². The first-order valence-corrected chi connectivity index (χ1v) is 14.8. The molecule has 5 rings (SSSR count). The van der Waals surface area contributed by atoms with Crippen LogP contribution in [0.3, 0.4) is 0 Å². The Labute approximate surface area is 224 Å². The van der Waals surface area contributed by atoms with Gasteiger partial charge in [0.25, 0.3) is 15.9 Å².